The highest BCUT2D eigenvalue weighted by molar-refractivity contribution is 6.42. The molecule has 3 aromatic rings. The molecule has 3 rings (SSSR count). The summed E-state index contributed by atoms with van der Waals surface area (Å²) in [7, 11) is 0. The van der Waals surface area contributed by atoms with Gasteiger partial charge in [-0.05, 0) is 66.6 Å². The molecule has 9 heteroatoms. The van der Waals surface area contributed by atoms with Gasteiger partial charge in [0.05, 0.1) is 27.9 Å². The van der Waals surface area contributed by atoms with Gasteiger partial charge >= 0.3 is 0 Å². The zero-order chi connectivity index (χ0) is 23.1. The van der Waals surface area contributed by atoms with Gasteiger partial charge in [0.1, 0.15) is 12.4 Å². The Kier molecular flexibility index (Phi) is 8.33. The fourth-order valence-electron chi connectivity index (χ4n) is 2.68. The molecule has 1 amide bonds. The zero-order valence-electron chi connectivity index (χ0n) is 16.9. The first-order chi connectivity index (χ1) is 15.4. The van der Waals surface area contributed by atoms with Crippen LogP contribution >= 0.6 is 34.8 Å². The molecule has 0 heterocycles. The van der Waals surface area contributed by atoms with Crippen LogP contribution in [-0.2, 0) is 6.61 Å². The van der Waals surface area contributed by atoms with Gasteiger partial charge in [-0.3, -0.25) is 4.79 Å². The second-order valence-electron chi connectivity index (χ2n) is 6.51. The highest BCUT2D eigenvalue weighted by Gasteiger charge is 2.13. The maximum absolute atomic E-state index is 13.0. The molecule has 0 aliphatic heterocycles. The standard InChI is InChI=1S/C23H18Cl3FN2O3/c1-2-31-21-11-15(12-28-29-23(30)16-4-6-17(27)7-5-16)10-20(26)22(21)32-13-14-3-8-18(24)19(25)9-14/h3-12H,2,13H2,1H3,(H,29,30)/b28-12-. The third-order valence-corrected chi connectivity index (χ3v) is 5.20. The van der Waals surface area contributed by atoms with E-state index >= 15 is 0 Å². The van der Waals surface area contributed by atoms with Crippen LogP contribution in [0.2, 0.25) is 15.1 Å². The minimum absolute atomic E-state index is 0.206. The van der Waals surface area contributed by atoms with Crippen LogP contribution < -0.4 is 14.9 Å². The summed E-state index contributed by atoms with van der Waals surface area (Å²) >= 11 is 18.4. The van der Waals surface area contributed by atoms with Crippen molar-refractivity contribution in [3.63, 3.8) is 0 Å². The van der Waals surface area contributed by atoms with Gasteiger partial charge in [-0.1, -0.05) is 40.9 Å². The molecular weight excluding hydrogens is 478 g/mol. The molecule has 0 fully saturated rings. The molecule has 0 bridgehead atoms. The Hall–Kier alpha value is -2.80. The van der Waals surface area contributed by atoms with E-state index in [2.05, 4.69) is 10.5 Å². The van der Waals surface area contributed by atoms with E-state index < -0.39 is 11.7 Å². The lowest BCUT2D eigenvalue weighted by atomic mass is 10.2. The molecule has 0 aromatic heterocycles. The predicted molar refractivity (Wildman–Crippen MR) is 125 cm³/mol. The Morgan fingerprint density at radius 1 is 1.00 bits per heavy atom. The third kappa shape index (κ3) is 6.36. The summed E-state index contributed by atoms with van der Waals surface area (Å²) in [6, 6.07) is 13.6. The van der Waals surface area contributed by atoms with Crippen molar-refractivity contribution in [2.45, 2.75) is 13.5 Å². The molecule has 0 spiro atoms. The highest BCUT2D eigenvalue weighted by Crippen LogP contribution is 2.37. The number of nitrogens with zero attached hydrogens (tertiary/aromatic N) is 1. The van der Waals surface area contributed by atoms with Crippen LogP contribution in [0.1, 0.15) is 28.4 Å². The summed E-state index contributed by atoms with van der Waals surface area (Å²) < 4.78 is 24.5. The van der Waals surface area contributed by atoms with Crippen molar-refractivity contribution in [1.29, 1.82) is 0 Å². The Balaban J connectivity index is 1.72. The Morgan fingerprint density at radius 2 is 1.75 bits per heavy atom. The molecule has 0 aliphatic rings. The van der Waals surface area contributed by atoms with Gasteiger partial charge in [-0.25, -0.2) is 9.82 Å². The van der Waals surface area contributed by atoms with Gasteiger partial charge in [0.25, 0.3) is 5.91 Å². The summed E-state index contributed by atoms with van der Waals surface area (Å²) in [5.74, 6) is -0.109. The maximum Gasteiger partial charge on any atom is 0.271 e. The number of nitrogens with one attached hydrogen (secondary N) is 1. The SMILES string of the molecule is CCOc1cc(/C=N\NC(=O)c2ccc(F)cc2)cc(Cl)c1OCc1ccc(Cl)c(Cl)c1. The zero-order valence-corrected chi connectivity index (χ0v) is 19.1. The van der Waals surface area contributed by atoms with Crippen LogP contribution in [0.5, 0.6) is 11.5 Å². The second-order valence-corrected chi connectivity index (χ2v) is 7.73. The molecule has 3 aromatic carbocycles. The molecule has 166 valence electrons. The number of halogens is 4. The average molecular weight is 496 g/mol. The molecule has 0 radical (unpaired) electrons. The van der Waals surface area contributed by atoms with Crippen molar-refractivity contribution >= 4 is 46.9 Å². The van der Waals surface area contributed by atoms with Gasteiger partial charge in [0.2, 0.25) is 0 Å². The Bertz CT molecular complexity index is 1140. The topological polar surface area (TPSA) is 59.9 Å². The molecule has 0 saturated carbocycles. The van der Waals surface area contributed by atoms with E-state index in [1.165, 1.54) is 30.5 Å². The number of hydrogen-bond acceptors (Lipinski definition) is 4. The fraction of sp³-hybridized carbons (Fsp3) is 0.130. The molecule has 0 unspecified atom stereocenters. The number of ether oxygens (including phenoxy) is 2. The van der Waals surface area contributed by atoms with Crippen LogP contribution in [0.15, 0.2) is 59.7 Å². The van der Waals surface area contributed by atoms with Crippen molar-refractivity contribution in [3.05, 3.63) is 92.2 Å². The summed E-state index contributed by atoms with van der Waals surface area (Å²) in [5.41, 5.74) is 4.05. The quantitative estimate of drug-likeness (QED) is 0.286. The van der Waals surface area contributed by atoms with E-state index in [1.807, 2.05) is 6.92 Å². The smallest absolute Gasteiger partial charge is 0.271 e. The van der Waals surface area contributed by atoms with Crippen molar-refractivity contribution in [1.82, 2.24) is 5.43 Å². The number of rotatable bonds is 8. The van der Waals surface area contributed by atoms with E-state index in [-0.39, 0.29) is 12.2 Å². The lowest BCUT2D eigenvalue weighted by molar-refractivity contribution is 0.0955. The monoisotopic (exact) mass is 494 g/mol. The Labute approximate surface area is 199 Å². The normalized spacial score (nSPS) is 10.9. The van der Waals surface area contributed by atoms with Crippen molar-refractivity contribution in [3.8, 4) is 11.5 Å². The van der Waals surface area contributed by atoms with E-state index in [9.17, 15) is 9.18 Å². The first-order valence-electron chi connectivity index (χ1n) is 9.49. The molecule has 0 saturated heterocycles. The van der Waals surface area contributed by atoms with Crippen molar-refractivity contribution < 1.29 is 18.7 Å². The van der Waals surface area contributed by atoms with Crippen molar-refractivity contribution in [2.24, 2.45) is 5.10 Å². The number of benzene rings is 3. The fourth-order valence-corrected chi connectivity index (χ4v) is 3.28. The number of amides is 1. The maximum atomic E-state index is 13.0. The molecule has 0 atom stereocenters. The van der Waals surface area contributed by atoms with E-state index in [0.717, 1.165) is 5.56 Å². The number of carbonyl (C=O) groups excluding carboxylic acids is 1. The van der Waals surface area contributed by atoms with E-state index in [0.29, 0.717) is 38.7 Å². The summed E-state index contributed by atoms with van der Waals surface area (Å²) in [5, 5.41) is 5.12. The van der Waals surface area contributed by atoms with Crippen LogP contribution in [0, 0.1) is 5.82 Å². The number of hydrogen-bond donors (Lipinski definition) is 1. The lowest BCUT2D eigenvalue weighted by Gasteiger charge is -2.14. The van der Waals surface area contributed by atoms with Crippen molar-refractivity contribution in [2.75, 3.05) is 6.61 Å². The molecule has 0 aliphatic carbocycles. The van der Waals surface area contributed by atoms with Gasteiger partial charge in [0.15, 0.2) is 11.5 Å². The van der Waals surface area contributed by atoms with E-state index in [1.54, 1.807) is 30.3 Å². The molecule has 32 heavy (non-hydrogen) atoms. The first kappa shape index (κ1) is 23.9. The second kappa shape index (κ2) is 11.2. The Morgan fingerprint density at radius 3 is 2.44 bits per heavy atom. The summed E-state index contributed by atoms with van der Waals surface area (Å²) in [4.78, 5) is 12.1. The van der Waals surface area contributed by atoms with Gasteiger partial charge in [-0.2, -0.15) is 5.10 Å². The van der Waals surface area contributed by atoms with Crippen LogP contribution in [0.3, 0.4) is 0 Å². The first-order valence-corrected chi connectivity index (χ1v) is 10.6. The molecule has 5 nitrogen and oxygen atoms in total. The minimum atomic E-state index is -0.473. The van der Waals surface area contributed by atoms with Crippen LogP contribution in [0.25, 0.3) is 0 Å². The summed E-state index contributed by atoms with van der Waals surface area (Å²) in [6.45, 7) is 2.43. The number of carbonyl (C=O) groups is 1. The largest absolute Gasteiger partial charge is 0.490 e. The highest BCUT2D eigenvalue weighted by atomic mass is 35.5. The van der Waals surface area contributed by atoms with E-state index in [4.69, 9.17) is 44.3 Å². The number of hydrazone groups is 1. The third-order valence-electron chi connectivity index (χ3n) is 4.19. The van der Waals surface area contributed by atoms with Gasteiger partial charge < -0.3 is 9.47 Å². The van der Waals surface area contributed by atoms with Gasteiger partial charge in [0, 0.05) is 5.56 Å². The summed E-state index contributed by atoms with van der Waals surface area (Å²) in [6.07, 6.45) is 1.42. The molecular formula is C23H18Cl3FN2O3. The molecule has 1 N–H and O–H groups in total. The average Bonchev–Trinajstić information content (AvgIpc) is 2.76. The van der Waals surface area contributed by atoms with Gasteiger partial charge in [-0.15, -0.1) is 0 Å². The minimum Gasteiger partial charge on any atom is -0.490 e. The van der Waals surface area contributed by atoms with Crippen LogP contribution in [-0.4, -0.2) is 18.7 Å². The predicted octanol–water partition coefficient (Wildman–Crippen LogP) is 6.53. The van der Waals surface area contributed by atoms with Crippen LogP contribution in [0.4, 0.5) is 4.39 Å². The lowest BCUT2D eigenvalue weighted by Crippen LogP contribution is -2.17.